The predicted molar refractivity (Wildman–Crippen MR) is 83.4 cm³/mol. The minimum absolute atomic E-state index is 0.0219. The average molecular weight is 277 g/mol. The Labute approximate surface area is 122 Å². The largest absolute Gasteiger partial charge is 0.347 e. The molecular weight excluding hydrogens is 250 g/mol. The normalized spacial score (nSPS) is 14.1. The number of hydrogen-bond donors (Lipinski definition) is 2. The van der Waals surface area contributed by atoms with Crippen LogP contribution in [-0.2, 0) is 4.79 Å². The zero-order valence-electron chi connectivity index (χ0n) is 12.8. The van der Waals surface area contributed by atoms with Gasteiger partial charge in [-0.05, 0) is 26.1 Å². The molecule has 1 rings (SSSR count). The zero-order valence-corrected chi connectivity index (χ0v) is 12.8. The summed E-state index contributed by atoms with van der Waals surface area (Å²) in [5, 5.41) is 3.07. The summed E-state index contributed by atoms with van der Waals surface area (Å²) >= 11 is 0. The number of carbonyl (C=O) groups excluding carboxylic acids is 1. The van der Waals surface area contributed by atoms with Gasteiger partial charge in [-0.15, -0.1) is 0 Å². The number of hydrogen-bond acceptors (Lipinski definition) is 3. The van der Waals surface area contributed by atoms with Crippen molar-refractivity contribution in [3.63, 3.8) is 0 Å². The molecule has 1 amide bonds. The first-order valence-corrected chi connectivity index (χ1v) is 7.30. The van der Waals surface area contributed by atoms with Gasteiger partial charge < -0.3 is 16.0 Å². The standard InChI is InChI=1S/C16H27N3O/c1-4-5-11-14(17)16(20)18-15(12-19(2)3)13-9-7-6-8-10-13/h6-10,14-15H,4-5,11-12,17H2,1-3H3,(H,18,20)/t14-,15?/m0/s1. The number of nitrogens with two attached hydrogens (primary N) is 1. The predicted octanol–water partition coefficient (Wildman–Crippen LogP) is 1.92. The first-order chi connectivity index (χ1) is 9.54. The van der Waals surface area contributed by atoms with Crippen molar-refractivity contribution < 1.29 is 4.79 Å². The molecule has 0 fully saturated rings. The number of nitrogens with one attached hydrogen (secondary N) is 1. The maximum Gasteiger partial charge on any atom is 0.237 e. The molecule has 2 atom stereocenters. The third-order valence-electron chi connectivity index (χ3n) is 3.27. The van der Waals surface area contributed by atoms with Gasteiger partial charge in [0.25, 0.3) is 0 Å². The van der Waals surface area contributed by atoms with Crippen LogP contribution in [0.15, 0.2) is 30.3 Å². The fourth-order valence-electron chi connectivity index (χ4n) is 2.12. The van der Waals surface area contributed by atoms with E-state index in [1.807, 2.05) is 44.4 Å². The van der Waals surface area contributed by atoms with Crippen molar-refractivity contribution in [2.24, 2.45) is 5.73 Å². The summed E-state index contributed by atoms with van der Waals surface area (Å²) in [5.74, 6) is -0.0610. The number of nitrogens with zero attached hydrogens (tertiary/aromatic N) is 1. The van der Waals surface area contributed by atoms with Gasteiger partial charge in [-0.3, -0.25) is 4.79 Å². The molecule has 0 aliphatic heterocycles. The Kier molecular flexibility index (Phi) is 7.26. The Hall–Kier alpha value is -1.39. The number of rotatable bonds is 8. The first-order valence-electron chi connectivity index (χ1n) is 7.30. The Bertz CT molecular complexity index is 392. The monoisotopic (exact) mass is 277 g/mol. The van der Waals surface area contributed by atoms with Crippen molar-refractivity contribution in [1.82, 2.24) is 10.2 Å². The molecular formula is C16H27N3O. The lowest BCUT2D eigenvalue weighted by molar-refractivity contribution is -0.123. The molecule has 0 saturated heterocycles. The highest BCUT2D eigenvalue weighted by Gasteiger charge is 2.19. The summed E-state index contributed by atoms with van der Waals surface area (Å²) < 4.78 is 0. The van der Waals surface area contributed by atoms with Gasteiger partial charge in [-0.2, -0.15) is 0 Å². The smallest absolute Gasteiger partial charge is 0.237 e. The second kappa shape index (κ2) is 8.72. The highest BCUT2D eigenvalue weighted by molar-refractivity contribution is 5.81. The molecule has 4 heteroatoms. The van der Waals surface area contributed by atoms with Gasteiger partial charge in [0.1, 0.15) is 0 Å². The van der Waals surface area contributed by atoms with Crippen molar-refractivity contribution in [1.29, 1.82) is 0 Å². The van der Waals surface area contributed by atoms with Crippen molar-refractivity contribution in [3.05, 3.63) is 35.9 Å². The Balaban J connectivity index is 2.68. The molecule has 112 valence electrons. The summed E-state index contributed by atoms with van der Waals surface area (Å²) in [7, 11) is 4.00. The molecule has 1 unspecified atom stereocenters. The molecule has 1 aromatic carbocycles. The van der Waals surface area contributed by atoms with E-state index in [-0.39, 0.29) is 11.9 Å². The molecule has 0 aromatic heterocycles. The van der Waals surface area contributed by atoms with E-state index in [1.165, 1.54) is 0 Å². The number of amides is 1. The number of unbranched alkanes of at least 4 members (excludes halogenated alkanes) is 1. The molecule has 0 saturated carbocycles. The van der Waals surface area contributed by atoms with Crippen LogP contribution in [0, 0.1) is 0 Å². The van der Waals surface area contributed by atoms with Gasteiger partial charge in [-0.25, -0.2) is 0 Å². The van der Waals surface area contributed by atoms with Crippen LogP contribution in [-0.4, -0.2) is 37.5 Å². The van der Waals surface area contributed by atoms with Gasteiger partial charge in [0.2, 0.25) is 5.91 Å². The topological polar surface area (TPSA) is 58.4 Å². The Morgan fingerprint density at radius 2 is 1.95 bits per heavy atom. The number of likely N-dealkylation sites (N-methyl/N-ethyl adjacent to an activating group) is 1. The summed E-state index contributed by atoms with van der Waals surface area (Å²) in [6, 6.07) is 9.58. The van der Waals surface area contributed by atoms with Crippen LogP contribution in [0.5, 0.6) is 0 Å². The molecule has 3 N–H and O–H groups in total. The van der Waals surface area contributed by atoms with E-state index in [0.717, 1.165) is 31.4 Å². The van der Waals surface area contributed by atoms with Crippen LogP contribution in [0.2, 0.25) is 0 Å². The van der Waals surface area contributed by atoms with Gasteiger partial charge >= 0.3 is 0 Å². The molecule has 0 aliphatic carbocycles. The van der Waals surface area contributed by atoms with E-state index >= 15 is 0 Å². The van der Waals surface area contributed by atoms with E-state index < -0.39 is 6.04 Å². The molecule has 20 heavy (non-hydrogen) atoms. The van der Waals surface area contributed by atoms with Crippen molar-refractivity contribution in [2.45, 2.75) is 38.3 Å². The molecule has 0 bridgehead atoms. The third kappa shape index (κ3) is 5.72. The van der Waals surface area contributed by atoms with Crippen molar-refractivity contribution in [3.8, 4) is 0 Å². The van der Waals surface area contributed by atoms with Crippen LogP contribution < -0.4 is 11.1 Å². The van der Waals surface area contributed by atoms with Gasteiger partial charge in [-0.1, -0.05) is 50.1 Å². The SMILES string of the molecule is CCCC[C@H](N)C(=O)NC(CN(C)C)c1ccccc1. The number of carbonyl (C=O) groups is 1. The highest BCUT2D eigenvalue weighted by atomic mass is 16.2. The van der Waals surface area contributed by atoms with Crippen molar-refractivity contribution >= 4 is 5.91 Å². The molecule has 0 heterocycles. The minimum Gasteiger partial charge on any atom is -0.347 e. The molecule has 0 radical (unpaired) electrons. The summed E-state index contributed by atoms with van der Waals surface area (Å²) in [4.78, 5) is 14.2. The lowest BCUT2D eigenvalue weighted by Crippen LogP contribution is -2.44. The van der Waals surface area contributed by atoms with Crippen molar-refractivity contribution in [2.75, 3.05) is 20.6 Å². The Morgan fingerprint density at radius 3 is 2.50 bits per heavy atom. The minimum atomic E-state index is -0.414. The second-order valence-electron chi connectivity index (χ2n) is 5.48. The molecule has 4 nitrogen and oxygen atoms in total. The Morgan fingerprint density at radius 1 is 1.30 bits per heavy atom. The van der Waals surface area contributed by atoms with Gasteiger partial charge in [0, 0.05) is 6.54 Å². The third-order valence-corrected chi connectivity index (χ3v) is 3.27. The molecule has 1 aromatic rings. The van der Waals surface area contributed by atoms with Crippen LogP contribution in [0.1, 0.15) is 37.8 Å². The van der Waals surface area contributed by atoms with Crippen LogP contribution in [0.25, 0.3) is 0 Å². The van der Waals surface area contributed by atoms with E-state index in [4.69, 9.17) is 5.73 Å². The zero-order chi connectivity index (χ0) is 15.0. The van der Waals surface area contributed by atoms with E-state index in [9.17, 15) is 4.79 Å². The maximum absolute atomic E-state index is 12.2. The van der Waals surface area contributed by atoms with Crippen LogP contribution in [0.4, 0.5) is 0 Å². The molecule has 0 spiro atoms. The van der Waals surface area contributed by atoms with E-state index in [1.54, 1.807) is 0 Å². The van der Waals surface area contributed by atoms with E-state index in [2.05, 4.69) is 17.1 Å². The summed E-state index contributed by atoms with van der Waals surface area (Å²) in [5.41, 5.74) is 7.04. The van der Waals surface area contributed by atoms with Gasteiger partial charge in [0.15, 0.2) is 0 Å². The fourth-order valence-corrected chi connectivity index (χ4v) is 2.12. The average Bonchev–Trinajstić information content (AvgIpc) is 2.44. The van der Waals surface area contributed by atoms with Gasteiger partial charge in [0.05, 0.1) is 12.1 Å². The number of benzene rings is 1. The highest BCUT2D eigenvalue weighted by Crippen LogP contribution is 2.13. The van der Waals surface area contributed by atoms with Crippen LogP contribution >= 0.6 is 0 Å². The van der Waals surface area contributed by atoms with Crippen LogP contribution in [0.3, 0.4) is 0 Å². The summed E-state index contributed by atoms with van der Waals surface area (Å²) in [6.45, 7) is 2.86. The lowest BCUT2D eigenvalue weighted by Gasteiger charge is -2.24. The summed E-state index contributed by atoms with van der Waals surface area (Å²) in [6.07, 6.45) is 2.78. The maximum atomic E-state index is 12.2. The lowest BCUT2D eigenvalue weighted by atomic mass is 10.0. The quantitative estimate of drug-likeness (QED) is 0.763. The fraction of sp³-hybridized carbons (Fsp3) is 0.562. The first kappa shape index (κ1) is 16.7. The molecule has 0 aliphatic rings. The second-order valence-corrected chi connectivity index (χ2v) is 5.48. The van der Waals surface area contributed by atoms with E-state index in [0.29, 0.717) is 0 Å².